The van der Waals surface area contributed by atoms with Crippen LogP contribution in [0.3, 0.4) is 0 Å². The maximum atomic E-state index is 11.9. The predicted octanol–water partition coefficient (Wildman–Crippen LogP) is 4.88. The molecule has 8 heteroatoms. The molecule has 1 aliphatic rings. The Morgan fingerprint density at radius 3 is 1.47 bits per heavy atom. The molecule has 1 N–H and O–H groups in total. The van der Waals surface area contributed by atoms with Gasteiger partial charge in [0.05, 0.1) is 6.42 Å². The number of carbonyl (C=O) groups excluding carboxylic acids is 2. The molecule has 171 valence electrons. The van der Waals surface area contributed by atoms with Crippen molar-refractivity contribution in [1.82, 2.24) is 4.90 Å². The van der Waals surface area contributed by atoms with Crippen molar-refractivity contribution in [2.75, 3.05) is 6.54 Å². The van der Waals surface area contributed by atoms with Crippen molar-refractivity contribution in [3.63, 3.8) is 0 Å². The van der Waals surface area contributed by atoms with E-state index in [4.69, 9.17) is 4.55 Å². The monoisotopic (exact) mass is 454 g/mol. The van der Waals surface area contributed by atoms with Gasteiger partial charge in [0.25, 0.3) is 16.0 Å². The summed E-state index contributed by atoms with van der Waals surface area (Å²) in [6.45, 7) is 2.50. The number of amides is 2. The van der Waals surface area contributed by atoms with Crippen molar-refractivity contribution >= 4 is 51.5 Å². The van der Waals surface area contributed by atoms with Crippen LogP contribution in [-0.2, 0) is 19.7 Å². The standard InChI is InChI=1S/C22H41NO5S.Na/c1-2-3-4-5-6-7-8-9-10-11-12-13-14-15-16-17-18-23-21(24)19-20(22(23)25)29(26,27)28;/h20H,2-19H2,1H3,(H,26,27,28);. The number of nitrogens with zero attached hydrogens (tertiary/aromatic N) is 1. The van der Waals surface area contributed by atoms with E-state index in [-0.39, 0.29) is 36.1 Å². The second-order valence-corrected chi connectivity index (χ2v) is 9.99. The Bertz CT molecular complexity index is 582. The van der Waals surface area contributed by atoms with Gasteiger partial charge in [-0.3, -0.25) is 19.0 Å². The van der Waals surface area contributed by atoms with E-state index >= 15 is 0 Å². The number of hydrogen-bond donors (Lipinski definition) is 1. The number of carbonyl (C=O) groups is 2. The van der Waals surface area contributed by atoms with Crippen LogP contribution in [0.5, 0.6) is 0 Å². The summed E-state index contributed by atoms with van der Waals surface area (Å²) in [5.74, 6) is -1.28. The van der Waals surface area contributed by atoms with Crippen LogP contribution in [0.4, 0.5) is 0 Å². The summed E-state index contributed by atoms with van der Waals surface area (Å²) in [7, 11) is -4.49. The summed E-state index contributed by atoms with van der Waals surface area (Å²) in [6, 6.07) is 0. The Morgan fingerprint density at radius 1 is 0.767 bits per heavy atom. The summed E-state index contributed by atoms with van der Waals surface area (Å²) >= 11 is 0. The second-order valence-electron chi connectivity index (χ2n) is 8.39. The molecule has 0 aromatic rings. The Hall–Kier alpha value is 0.0500. The van der Waals surface area contributed by atoms with E-state index in [0.717, 1.165) is 24.2 Å². The molecule has 0 aromatic heterocycles. The molecule has 1 aliphatic heterocycles. The van der Waals surface area contributed by atoms with Gasteiger partial charge in [-0.1, -0.05) is 103 Å². The number of imide groups is 1. The van der Waals surface area contributed by atoms with Crippen LogP contribution in [0.2, 0.25) is 0 Å². The average molecular weight is 455 g/mol. The quantitative estimate of drug-likeness (QED) is 0.138. The van der Waals surface area contributed by atoms with Gasteiger partial charge < -0.3 is 0 Å². The first-order valence-electron chi connectivity index (χ1n) is 11.7. The van der Waals surface area contributed by atoms with Crippen LogP contribution in [0.15, 0.2) is 0 Å². The molecule has 0 saturated carbocycles. The zero-order valence-corrected chi connectivity index (χ0v) is 22.1. The summed E-state index contributed by atoms with van der Waals surface area (Å²) in [4.78, 5) is 24.7. The maximum absolute atomic E-state index is 11.9. The maximum Gasteiger partial charge on any atom is 0.277 e. The Labute approximate surface area is 206 Å². The summed E-state index contributed by atoms with van der Waals surface area (Å²) in [5.41, 5.74) is 0. The first-order chi connectivity index (χ1) is 13.9. The van der Waals surface area contributed by atoms with Crippen LogP contribution in [0.1, 0.15) is 116 Å². The molecule has 2 amide bonds. The van der Waals surface area contributed by atoms with E-state index in [1.807, 2.05) is 0 Å². The van der Waals surface area contributed by atoms with Crippen molar-refractivity contribution in [1.29, 1.82) is 0 Å². The number of hydrogen-bond acceptors (Lipinski definition) is 4. The first-order valence-corrected chi connectivity index (χ1v) is 13.2. The molecule has 1 saturated heterocycles. The largest absolute Gasteiger partial charge is 0.285 e. The van der Waals surface area contributed by atoms with Gasteiger partial charge in [-0.05, 0) is 6.42 Å². The molecule has 0 spiro atoms. The van der Waals surface area contributed by atoms with Crippen LogP contribution >= 0.6 is 0 Å². The first kappa shape index (κ1) is 30.0. The molecular formula is C22H41NNaO5S. The van der Waals surface area contributed by atoms with Crippen molar-refractivity contribution < 1.29 is 22.6 Å². The van der Waals surface area contributed by atoms with Gasteiger partial charge in [-0.15, -0.1) is 0 Å². The minimum absolute atomic E-state index is 0. The SMILES string of the molecule is CCCCCCCCCCCCCCCCCCN1C(=O)CC(S(=O)(=O)O)C1=O.[Na]. The predicted molar refractivity (Wildman–Crippen MR) is 122 cm³/mol. The minimum atomic E-state index is -4.49. The van der Waals surface area contributed by atoms with E-state index < -0.39 is 33.6 Å². The molecule has 1 atom stereocenters. The zero-order chi connectivity index (χ0) is 21.5. The molecule has 1 rings (SSSR count). The molecular weight excluding hydrogens is 413 g/mol. The number of likely N-dealkylation sites (tertiary alicyclic amines) is 1. The molecule has 30 heavy (non-hydrogen) atoms. The fourth-order valence-corrected chi connectivity index (χ4v) is 4.67. The van der Waals surface area contributed by atoms with Crippen LogP contribution in [0.25, 0.3) is 0 Å². The summed E-state index contributed by atoms with van der Waals surface area (Å²) in [5, 5.41) is -1.60. The number of rotatable bonds is 18. The van der Waals surface area contributed by atoms with E-state index in [2.05, 4.69) is 6.92 Å². The van der Waals surface area contributed by atoms with Gasteiger partial charge in [-0.2, -0.15) is 8.42 Å². The van der Waals surface area contributed by atoms with Crippen molar-refractivity contribution in [3.05, 3.63) is 0 Å². The van der Waals surface area contributed by atoms with Gasteiger partial charge in [0.2, 0.25) is 5.91 Å². The van der Waals surface area contributed by atoms with E-state index in [1.165, 1.54) is 77.0 Å². The molecule has 6 nitrogen and oxygen atoms in total. The van der Waals surface area contributed by atoms with Crippen molar-refractivity contribution in [2.24, 2.45) is 0 Å². The molecule has 0 bridgehead atoms. The minimum Gasteiger partial charge on any atom is -0.285 e. The van der Waals surface area contributed by atoms with Crippen LogP contribution in [-0.4, -0.2) is 71.0 Å². The van der Waals surface area contributed by atoms with E-state index in [9.17, 15) is 18.0 Å². The Kier molecular flexibility index (Phi) is 17.6. The van der Waals surface area contributed by atoms with E-state index in [1.54, 1.807) is 0 Å². The van der Waals surface area contributed by atoms with Crippen LogP contribution < -0.4 is 0 Å². The molecule has 1 unspecified atom stereocenters. The van der Waals surface area contributed by atoms with Gasteiger partial charge in [0, 0.05) is 36.1 Å². The van der Waals surface area contributed by atoms with Gasteiger partial charge in [0.15, 0.2) is 5.25 Å². The molecule has 1 fully saturated rings. The second kappa shape index (κ2) is 17.6. The normalized spacial score (nSPS) is 16.9. The topological polar surface area (TPSA) is 91.8 Å². The summed E-state index contributed by atoms with van der Waals surface area (Å²) in [6.07, 6.45) is 19.5. The van der Waals surface area contributed by atoms with Gasteiger partial charge >= 0.3 is 0 Å². The molecule has 1 radical (unpaired) electrons. The molecule has 0 aromatic carbocycles. The Morgan fingerprint density at radius 2 is 1.13 bits per heavy atom. The molecule has 0 aliphatic carbocycles. The molecule has 1 heterocycles. The smallest absolute Gasteiger partial charge is 0.277 e. The fraction of sp³-hybridized carbons (Fsp3) is 0.909. The average Bonchev–Trinajstić information content (AvgIpc) is 2.96. The Balaban J connectivity index is 0.00000841. The van der Waals surface area contributed by atoms with Crippen molar-refractivity contribution in [2.45, 2.75) is 121 Å². The van der Waals surface area contributed by atoms with Gasteiger partial charge in [-0.25, -0.2) is 0 Å². The van der Waals surface area contributed by atoms with Crippen molar-refractivity contribution in [3.8, 4) is 0 Å². The van der Waals surface area contributed by atoms with E-state index in [0.29, 0.717) is 6.42 Å². The zero-order valence-electron chi connectivity index (χ0n) is 19.2. The third-order valence-corrected chi connectivity index (χ3v) is 6.88. The summed E-state index contributed by atoms with van der Waals surface area (Å²) < 4.78 is 31.2. The van der Waals surface area contributed by atoms with Crippen LogP contribution in [0, 0.1) is 0 Å². The third-order valence-electron chi connectivity index (χ3n) is 5.80. The fourth-order valence-electron chi connectivity index (χ4n) is 3.94. The van der Waals surface area contributed by atoms with Gasteiger partial charge in [0.1, 0.15) is 0 Å². The number of unbranched alkanes of at least 4 members (excludes halogenated alkanes) is 15. The third kappa shape index (κ3) is 12.8.